The smallest absolute Gasteiger partial charge is 0.0136 e. The van der Waals surface area contributed by atoms with Gasteiger partial charge in [-0.15, -0.1) is 6.58 Å². The summed E-state index contributed by atoms with van der Waals surface area (Å²) in [4.78, 5) is 0. The molecule has 0 nitrogen and oxygen atoms in total. The van der Waals surface area contributed by atoms with Crippen LogP contribution in [0, 0.1) is 11.8 Å². The number of hydrogen-bond acceptors (Lipinski definition) is 0. The molecule has 1 saturated carbocycles. The van der Waals surface area contributed by atoms with E-state index < -0.39 is 0 Å². The van der Waals surface area contributed by atoms with Gasteiger partial charge in [0.1, 0.15) is 0 Å². The van der Waals surface area contributed by atoms with Gasteiger partial charge in [0.05, 0.1) is 0 Å². The van der Waals surface area contributed by atoms with Gasteiger partial charge in [-0.3, -0.25) is 0 Å². The Morgan fingerprint density at radius 3 is 2.43 bits per heavy atom. The van der Waals surface area contributed by atoms with Crippen molar-refractivity contribution in [3.63, 3.8) is 0 Å². The van der Waals surface area contributed by atoms with Crippen molar-refractivity contribution >= 4 is 0 Å². The minimum absolute atomic E-state index is 0.761. The van der Waals surface area contributed by atoms with Crippen LogP contribution in [0.5, 0.6) is 0 Å². The minimum Gasteiger partial charge on any atom is -0.103 e. The Morgan fingerprint density at radius 2 is 1.81 bits per heavy atom. The summed E-state index contributed by atoms with van der Waals surface area (Å²) < 4.78 is 0. The number of unbranched alkanes of at least 4 members (excludes halogenated alkanes) is 1. The van der Waals surface area contributed by atoms with Crippen molar-refractivity contribution in [3.8, 4) is 0 Å². The van der Waals surface area contributed by atoms with E-state index in [0.717, 1.165) is 30.6 Å². The third-order valence-corrected chi connectivity index (χ3v) is 5.00. The molecule has 1 fully saturated rings. The maximum Gasteiger partial charge on any atom is -0.0136 e. The molecule has 0 heterocycles. The van der Waals surface area contributed by atoms with Crippen LogP contribution in [0.15, 0.2) is 55.1 Å². The predicted molar refractivity (Wildman–Crippen MR) is 93.5 cm³/mol. The fraction of sp³-hybridized carbons (Fsp3) is 0.524. The van der Waals surface area contributed by atoms with Gasteiger partial charge in [0.15, 0.2) is 0 Å². The van der Waals surface area contributed by atoms with Crippen LogP contribution in [0.4, 0.5) is 0 Å². The number of rotatable bonds is 7. The van der Waals surface area contributed by atoms with Crippen LogP contribution in [-0.2, 0) is 0 Å². The maximum atomic E-state index is 3.78. The summed E-state index contributed by atoms with van der Waals surface area (Å²) in [5.74, 6) is 2.46. The average molecular weight is 282 g/mol. The molecule has 1 unspecified atom stereocenters. The highest BCUT2D eigenvalue weighted by Crippen LogP contribution is 2.40. The van der Waals surface area contributed by atoms with E-state index in [-0.39, 0.29) is 0 Å². The molecule has 0 amide bonds. The number of benzene rings is 1. The molecule has 0 saturated heterocycles. The standard InChI is InChI=1S/C21H30/c1-3-5-6-8-11-18-14-16-20(17-15-18)21(4-2)19-12-9-7-10-13-19/h3,7-13,18,20-21H,1,4-6,14-17H2,2H3/b11-8+. The van der Waals surface area contributed by atoms with Crippen LogP contribution in [0.3, 0.4) is 0 Å². The SMILES string of the molecule is C=CCC/C=C/C1CCC(C(CC)c2ccccc2)CC1. The van der Waals surface area contributed by atoms with E-state index >= 15 is 0 Å². The Labute approximate surface area is 131 Å². The molecule has 0 aliphatic heterocycles. The molecule has 1 atom stereocenters. The average Bonchev–Trinajstić information content (AvgIpc) is 2.55. The first kappa shape index (κ1) is 16.1. The lowest BCUT2D eigenvalue weighted by Crippen LogP contribution is -2.19. The predicted octanol–water partition coefficient (Wildman–Crippen LogP) is 6.51. The fourth-order valence-electron chi connectivity index (χ4n) is 3.78. The third kappa shape index (κ3) is 4.88. The number of hydrogen-bond donors (Lipinski definition) is 0. The van der Waals surface area contributed by atoms with Gasteiger partial charge in [-0.1, -0.05) is 55.5 Å². The summed E-state index contributed by atoms with van der Waals surface area (Å²) in [6, 6.07) is 11.1. The normalized spacial score (nSPS) is 24.0. The summed E-state index contributed by atoms with van der Waals surface area (Å²) >= 11 is 0. The lowest BCUT2D eigenvalue weighted by molar-refractivity contribution is 0.265. The molecule has 21 heavy (non-hydrogen) atoms. The van der Waals surface area contributed by atoms with Gasteiger partial charge in [0.25, 0.3) is 0 Å². The monoisotopic (exact) mass is 282 g/mol. The molecule has 1 aromatic rings. The van der Waals surface area contributed by atoms with Gasteiger partial charge in [0.2, 0.25) is 0 Å². The van der Waals surface area contributed by atoms with E-state index in [1.165, 1.54) is 32.1 Å². The quantitative estimate of drug-likeness (QED) is 0.395. The van der Waals surface area contributed by atoms with Gasteiger partial charge in [-0.25, -0.2) is 0 Å². The van der Waals surface area contributed by atoms with Crippen molar-refractivity contribution in [1.82, 2.24) is 0 Å². The largest absolute Gasteiger partial charge is 0.103 e. The first-order valence-corrected chi connectivity index (χ1v) is 8.67. The van der Waals surface area contributed by atoms with E-state index in [0.29, 0.717) is 0 Å². The topological polar surface area (TPSA) is 0 Å². The first-order valence-electron chi connectivity index (χ1n) is 8.67. The van der Waals surface area contributed by atoms with Crippen molar-refractivity contribution in [2.24, 2.45) is 11.8 Å². The summed E-state index contributed by atoms with van der Waals surface area (Å²) in [5, 5.41) is 0. The first-order chi connectivity index (χ1) is 10.3. The van der Waals surface area contributed by atoms with E-state index in [1.807, 2.05) is 6.08 Å². The van der Waals surface area contributed by atoms with Gasteiger partial charge < -0.3 is 0 Å². The van der Waals surface area contributed by atoms with Crippen LogP contribution in [0.2, 0.25) is 0 Å². The van der Waals surface area contributed by atoms with Crippen LogP contribution in [0.1, 0.15) is 63.4 Å². The van der Waals surface area contributed by atoms with E-state index in [2.05, 4.69) is 56.0 Å². The van der Waals surface area contributed by atoms with E-state index in [1.54, 1.807) is 5.56 Å². The molecule has 1 aliphatic carbocycles. The highest BCUT2D eigenvalue weighted by atomic mass is 14.3. The molecule has 0 heteroatoms. The van der Waals surface area contributed by atoms with Crippen molar-refractivity contribution < 1.29 is 0 Å². The second kappa shape index (κ2) is 8.87. The van der Waals surface area contributed by atoms with Crippen molar-refractivity contribution in [2.75, 3.05) is 0 Å². The lowest BCUT2D eigenvalue weighted by Gasteiger charge is -2.33. The molecular weight excluding hydrogens is 252 g/mol. The summed E-state index contributed by atoms with van der Waals surface area (Å²) in [5.41, 5.74) is 1.55. The summed E-state index contributed by atoms with van der Waals surface area (Å²) in [7, 11) is 0. The van der Waals surface area contributed by atoms with Crippen molar-refractivity contribution in [2.45, 2.75) is 57.8 Å². The summed E-state index contributed by atoms with van der Waals surface area (Å²) in [6.45, 7) is 6.12. The van der Waals surface area contributed by atoms with E-state index in [4.69, 9.17) is 0 Å². The fourth-order valence-corrected chi connectivity index (χ4v) is 3.78. The Morgan fingerprint density at radius 1 is 1.10 bits per heavy atom. The van der Waals surface area contributed by atoms with Crippen molar-refractivity contribution in [3.05, 3.63) is 60.7 Å². The molecule has 0 spiro atoms. The molecule has 114 valence electrons. The van der Waals surface area contributed by atoms with E-state index in [9.17, 15) is 0 Å². The Balaban J connectivity index is 1.85. The van der Waals surface area contributed by atoms with Gasteiger partial charge in [0, 0.05) is 0 Å². The molecule has 2 rings (SSSR count). The van der Waals surface area contributed by atoms with Crippen LogP contribution in [-0.4, -0.2) is 0 Å². The van der Waals surface area contributed by atoms with Crippen molar-refractivity contribution in [1.29, 1.82) is 0 Å². The Bertz CT molecular complexity index is 421. The van der Waals surface area contributed by atoms with Crippen LogP contribution < -0.4 is 0 Å². The van der Waals surface area contributed by atoms with Gasteiger partial charge in [-0.05, 0) is 68.3 Å². The van der Waals surface area contributed by atoms with Crippen LogP contribution >= 0.6 is 0 Å². The summed E-state index contributed by atoms with van der Waals surface area (Å²) in [6.07, 6.45) is 15.9. The second-order valence-electron chi connectivity index (χ2n) is 6.39. The maximum absolute atomic E-state index is 3.78. The third-order valence-electron chi connectivity index (χ3n) is 5.00. The molecular formula is C21H30. The van der Waals surface area contributed by atoms with Gasteiger partial charge >= 0.3 is 0 Å². The second-order valence-corrected chi connectivity index (χ2v) is 6.39. The zero-order valence-corrected chi connectivity index (χ0v) is 13.5. The Hall–Kier alpha value is -1.30. The molecule has 1 aromatic carbocycles. The zero-order valence-electron chi connectivity index (χ0n) is 13.5. The molecule has 1 aliphatic rings. The van der Waals surface area contributed by atoms with Gasteiger partial charge in [-0.2, -0.15) is 0 Å². The molecule has 0 N–H and O–H groups in total. The highest BCUT2D eigenvalue weighted by molar-refractivity contribution is 5.20. The zero-order chi connectivity index (χ0) is 14.9. The van der Waals surface area contributed by atoms with Crippen LogP contribution in [0.25, 0.3) is 0 Å². The molecule has 0 aromatic heterocycles. The molecule has 0 bridgehead atoms. The number of allylic oxidation sites excluding steroid dienone is 3. The minimum atomic E-state index is 0.761. The highest BCUT2D eigenvalue weighted by Gasteiger charge is 2.26. The Kier molecular flexibility index (Phi) is 6.79. The lowest BCUT2D eigenvalue weighted by atomic mass is 9.72. The molecule has 0 radical (unpaired) electrons.